The van der Waals surface area contributed by atoms with Crippen molar-refractivity contribution in [2.75, 3.05) is 14.1 Å². The Balaban J connectivity index is 1.60. The van der Waals surface area contributed by atoms with E-state index in [-0.39, 0.29) is 54.0 Å². The van der Waals surface area contributed by atoms with Crippen molar-refractivity contribution in [1.29, 1.82) is 0 Å². The van der Waals surface area contributed by atoms with Crippen molar-refractivity contribution in [2.24, 2.45) is 11.7 Å². The molecule has 222 valence electrons. The molecule has 2 heterocycles. The van der Waals surface area contributed by atoms with Crippen LogP contribution >= 0.6 is 0 Å². The minimum absolute atomic E-state index is 0.0730. The molecule has 8 nitrogen and oxygen atoms in total. The Labute approximate surface area is 240 Å². The summed E-state index contributed by atoms with van der Waals surface area (Å²) in [4.78, 5) is 55.5. The number of Topliss-reactive ketones (excluding diaryl/α,β-unsaturated/α-hetero) is 1. The van der Waals surface area contributed by atoms with Gasteiger partial charge in [0.25, 0.3) is 0 Å². The van der Waals surface area contributed by atoms with Crippen LogP contribution in [-0.4, -0.2) is 71.6 Å². The molecule has 0 saturated carbocycles. The summed E-state index contributed by atoms with van der Waals surface area (Å²) in [5.41, 5.74) is 7.66. The zero-order valence-corrected chi connectivity index (χ0v) is 25.0. The van der Waals surface area contributed by atoms with E-state index in [1.165, 1.54) is 5.56 Å². The maximum atomic E-state index is 13.8. The second-order valence-corrected chi connectivity index (χ2v) is 12.1. The maximum Gasteiger partial charge on any atom is 0.243 e. The summed E-state index contributed by atoms with van der Waals surface area (Å²) in [7, 11) is 3.90. The standard InChI is InChI=1S/C32H50N4O4/c1-5-25(17-20-30(33)38)34-31(39)27-19-18-26-11-7-6-9-24(32(40)36(26)27)10-8-12-29(37)28(35(3)4)21-23-15-13-22(2)14-16-23/h13-16,24-28H,5-12,17-21H2,1-4H3,(H2,33,38)(H,34,39). The first-order valence-electron chi connectivity index (χ1n) is 15.3. The Hall–Kier alpha value is -2.74. The summed E-state index contributed by atoms with van der Waals surface area (Å²) in [6.07, 6.45) is 9.23. The SMILES string of the molecule is CCC(CCC(N)=O)NC(=O)C1CCC2CCCCC(CCCC(=O)C(Cc3ccc(C)cc3)N(C)C)C(=O)N21. The molecule has 0 aromatic heterocycles. The van der Waals surface area contributed by atoms with Crippen LogP contribution in [0.2, 0.25) is 0 Å². The second-order valence-electron chi connectivity index (χ2n) is 12.1. The Morgan fingerprint density at radius 3 is 2.40 bits per heavy atom. The summed E-state index contributed by atoms with van der Waals surface area (Å²) in [6.45, 7) is 4.03. The number of benzene rings is 1. The highest BCUT2D eigenvalue weighted by atomic mass is 16.2. The molecule has 3 N–H and O–H groups in total. The average Bonchev–Trinajstić information content (AvgIpc) is 3.33. The minimum atomic E-state index is -0.463. The van der Waals surface area contributed by atoms with Gasteiger partial charge >= 0.3 is 0 Å². The van der Waals surface area contributed by atoms with E-state index >= 15 is 0 Å². The first kappa shape index (κ1) is 31.8. The third-order valence-electron chi connectivity index (χ3n) is 8.85. The van der Waals surface area contributed by atoms with Crippen molar-refractivity contribution in [2.45, 2.75) is 121 Å². The molecule has 0 bridgehead atoms. The lowest BCUT2D eigenvalue weighted by Gasteiger charge is -2.35. The number of fused-ring (bicyclic) bond motifs is 1. The van der Waals surface area contributed by atoms with Crippen molar-refractivity contribution < 1.29 is 19.2 Å². The highest BCUT2D eigenvalue weighted by Crippen LogP contribution is 2.34. The van der Waals surface area contributed by atoms with Gasteiger partial charge in [0.05, 0.1) is 6.04 Å². The second kappa shape index (κ2) is 15.3. The van der Waals surface area contributed by atoms with Crippen LogP contribution in [0.15, 0.2) is 24.3 Å². The van der Waals surface area contributed by atoms with Crippen molar-refractivity contribution in [3.05, 3.63) is 35.4 Å². The van der Waals surface area contributed by atoms with Gasteiger partial charge in [-0.15, -0.1) is 0 Å². The lowest BCUT2D eigenvalue weighted by atomic mass is 9.89. The smallest absolute Gasteiger partial charge is 0.243 e. The Morgan fingerprint density at radius 2 is 1.75 bits per heavy atom. The number of carbonyl (C=O) groups is 4. The van der Waals surface area contributed by atoms with Gasteiger partial charge < -0.3 is 16.0 Å². The number of aryl methyl sites for hydroxylation is 1. The van der Waals surface area contributed by atoms with Crippen LogP contribution in [0.25, 0.3) is 0 Å². The molecule has 40 heavy (non-hydrogen) atoms. The number of ketones is 1. The number of hydrogen-bond donors (Lipinski definition) is 2. The van der Waals surface area contributed by atoms with E-state index in [0.29, 0.717) is 44.9 Å². The number of hydrogen-bond acceptors (Lipinski definition) is 5. The van der Waals surface area contributed by atoms with Crippen LogP contribution in [0, 0.1) is 12.8 Å². The van der Waals surface area contributed by atoms with Crippen molar-refractivity contribution in [3.8, 4) is 0 Å². The lowest BCUT2D eigenvalue weighted by Crippen LogP contribution is -2.53. The van der Waals surface area contributed by atoms with E-state index in [2.05, 4.69) is 36.5 Å². The molecular formula is C32H50N4O4. The molecule has 2 fully saturated rings. The zero-order chi connectivity index (χ0) is 29.2. The number of likely N-dealkylation sites (N-methyl/N-ethyl adjacent to an activating group) is 1. The molecule has 3 amide bonds. The summed E-state index contributed by atoms with van der Waals surface area (Å²) >= 11 is 0. The zero-order valence-electron chi connectivity index (χ0n) is 25.0. The molecule has 1 aromatic rings. The average molecular weight is 555 g/mol. The van der Waals surface area contributed by atoms with Gasteiger partial charge in [0.2, 0.25) is 17.7 Å². The molecule has 0 spiro atoms. The predicted molar refractivity (Wildman–Crippen MR) is 157 cm³/mol. The summed E-state index contributed by atoms with van der Waals surface area (Å²) in [6, 6.07) is 7.66. The molecule has 2 aliphatic rings. The first-order valence-corrected chi connectivity index (χ1v) is 15.3. The molecular weight excluding hydrogens is 504 g/mol. The monoisotopic (exact) mass is 554 g/mol. The third-order valence-corrected chi connectivity index (χ3v) is 8.85. The van der Waals surface area contributed by atoms with E-state index in [9.17, 15) is 19.2 Å². The quantitative estimate of drug-likeness (QED) is 0.362. The van der Waals surface area contributed by atoms with Crippen LogP contribution in [0.3, 0.4) is 0 Å². The normalized spacial score (nSPS) is 22.8. The van der Waals surface area contributed by atoms with Crippen LogP contribution < -0.4 is 11.1 Å². The lowest BCUT2D eigenvalue weighted by molar-refractivity contribution is -0.145. The number of rotatable bonds is 14. The highest BCUT2D eigenvalue weighted by Gasteiger charge is 2.43. The molecule has 1 aromatic carbocycles. The third kappa shape index (κ3) is 8.88. The van der Waals surface area contributed by atoms with Crippen LogP contribution in [-0.2, 0) is 25.6 Å². The van der Waals surface area contributed by atoms with E-state index in [1.54, 1.807) is 0 Å². The summed E-state index contributed by atoms with van der Waals surface area (Å²) < 4.78 is 0. The number of amides is 3. The van der Waals surface area contributed by atoms with Crippen molar-refractivity contribution in [1.82, 2.24) is 15.1 Å². The van der Waals surface area contributed by atoms with Crippen LogP contribution in [0.1, 0.15) is 95.1 Å². The molecule has 2 aliphatic heterocycles. The predicted octanol–water partition coefficient (Wildman–Crippen LogP) is 3.92. The van der Waals surface area contributed by atoms with Crippen LogP contribution in [0.4, 0.5) is 0 Å². The number of carbonyl (C=O) groups excluding carboxylic acids is 4. The molecule has 0 aliphatic carbocycles. The molecule has 0 radical (unpaired) electrons. The van der Waals surface area contributed by atoms with Gasteiger partial charge in [-0.25, -0.2) is 0 Å². The summed E-state index contributed by atoms with van der Waals surface area (Å²) in [5.74, 6) is -0.367. The molecule has 3 rings (SSSR count). The molecule has 2 saturated heterocycles. The largest absolute Gasteiger partial charge is 0.370 e. The molecule has 8 heteroatoms. The Morgan fingerprint density at radius 1 is 1.05 bits per heavy atom. The van der Waals surface area contributed by atoms with Gasteiger partial charge in [-0.2, -0.15) is 0 Å². The number of primary amides is 1. The molecule has 5 atom stereocenters. The van der Waals surface area contributed by atoms with Gasteiger partial charge in [-0.1, -0.05) is 49.6 Å². The van der Waals surface area contributed by atoms with Gasteiger partial charge in [-0.05, 0) is 84.4 Å². The van der Waals surface area contributed by atoms with Crippen LogP contribution in [0.5, 0.6) is 0 Å². The van der Waals surface area contributed by atoms with E-state index in [4.69, 9.17) is 5.73 Å². The van der Waals surface area contributed by atoms with E-state index in [1.807, 2.05) is 30.8 Å². The minimum Gasteiger partial charge on any atom is -0.370 e. The summed E-state index contributed by atoms with van der Waals surface area (Å²) in [5, 5.41) is 3.08. The fourth-order valence-electron chi connectivity index (χ4n) is 6.34. The number of nitrogens with one attached hydrogen (secondary N) is 1. The van der Waals surface area contributed by atoms with Gasteiger partial charge in [0, 0.05) is 30.8 Å². The fourth-order valence-corrected chi connectivity index (χ4v) is 6.34. The number of nitrogens with zero attached hydrogens (tertiary/aromatic N) is 2. The van der Waals surface area contributed by atoms with Crippen molar-refractivity contribution in [3.63, 3.8) is 0 Å². The van der Waals surface area contributed by atoms with E-state index < -0.39 is 6.04 Å². The van der Waals surface area contributed by atoms with Gasteiger partial charge in [0.1, 0.15) is 11.8 Å². The Kier molecular flexibility index (Phi) is 12.2. The number of nitrogens with two attached hydrogens (primary N) is 1. The fraction of sp³-hybridized carbons (Fsp3) is 0.688. The van der Waals surface area contributed by atoms with Gasteiger partial charge in [0.15, 0.2) is 0 Å². The van der Waals surface area contributed by atoms with Gasteiger partial charge in [-0.3, -0.25) is 24.1 Å². The maximum absolute atomic E-state index is 13.8. The topological polar surface area (TPSA) is 113 Å². The van der Waals surface area contributed by atoms with E-state index in [0.717, 1.165) is 37.7 Å². The first-order chi connectivity index (χ1) is 19.1. The highest BCUT2D eigenvalue weighted by molar-refractivity contribution is 5.90. The van der Waals surface area contributed by atoms with Crippen molar-refractivity contribution >= 4 is 23.5 Å². The Bertz CT molecular complexity index is 1010. The molecule has 5 unspecified atom stereocenters.